The molecule has 24 heavy (non-hydrogen) atoms. The van der Waals surface area contributed by atoms with Crippen molar-refractivity contribution in [3.8, 4) is 0 Å². The van der Waals surface area contributed by atoms with Crippen molar-refractivity contribution in [1.82, 2.24) is 0 Å². The van der Waals surface area contributed by atoms with Gasteiger partial charge >= 0.3 is 23.9 Å². The zero-order chi connectivity index (χ0) is 18.4. The summed E-state index contributed by atoms with van der Waals surface area (Å²) in [5.74, 6) is -2.87. The quantitative estimate of drug-likeness (QED) is 0.490. The molecule has 1 saturated heterocycles. The average Bonchev–Trinajstić information content (AvgIpc) is 2.42. The van der Waals surface area contributed by atoms with Crippen molar-refractivity contribution in [3.05, 3.63) is 0 Å². The minimum atomic E-state index is -1.68. The molecule has 0 saturated carbocycles. The van der Waals surface area contributed by atoms with Crippen molar-refractivity contribution in [3.63, 3.8) is 0 Å². The fraction of sp³-hybridized carbons (Fsp3) is 0.714. The first-order valence-corrected chi connectivity index (χ1v) is 7.10. The van der Waals surface area contributed by atoms with Crippen LogP contribution in [0.15, 0.2) is 0 Å². The van der Waals surface area contributed by atoms with E-state index in [9.17, 15) is 24.3 Å². The van der Waals surface area contributed by atoms with E-state index in [1.807, 2.05) is 0 Å². The van der Waals surface area contributed by atoms with Crippen molar-refractivity contribution in [2.75, 3.05) is 6.61 Å². The predicted octanol–water partition coefficient (Wildman–Crippen LogP) is -0.938. The highest BCUT2D eigenvalue weighted by atomic mass is 16.7. The normalized spacial score (nSPS) is 29.3. The van der Waals surface area contributed by atoms with Crippen LogP contribution in [-0.2, 0) is 42.9 Å². The largest absolute Gasteiger partial charge is 0.463 e. The summed E-state index contributed by atoms with van der Waals surface area (Å²) in [6.07, 6.45) is -6.79. The third-order valence-corrected chi connectivity index (χ3v) is 2.97. The number of aliphatic hydroxyl groups is 1. The molecule has 0 aromatic carbocycles. The molecule has 0 aromatic rings. The van der Waals surface area contributed by atoms with Crippen LogP contribution in [0.25, 0.3) is 0 Å². The molecule has 1 heterocycles. The van der Waals surface area contributed by atoms with Gasteiger partial charge in [-0.3, -0.25) is 19.2 Å². The summed E-state index contributed by atoms with van der Waals surface area (Å²) >= 11 is 0. The molecule has 0 spiro atoms. The minimum Gasteiger partial charge on any atom is -0.463 e. The number of rotatable bonds is 5. The molecule has 0 amide bonds. The standard InChI is InChI=1S/C14H20O10/c1-6(15)20-5-10-11(21-7(2)16)12(22-8(3)17)13(14(19)24-10)23-9(4)18/h10-14,19H,5H2,1-4H3/t10-,11?,12?,13?,14-/m1/s1. The Bertz CT molecular complexity index is 502. The van der Waals surface area contributed by atoms with E-state index in [1.54, 1.807) is 0 Å². The van der Waals surface area contributed by atoms with Crippen LogP contribution in [0.4, 0.5) is 0 Å². The lowest BCUT2D eigenvalue weighted by Gasteiger charge is -2.42. The first-order valence-electron chi connectivity index (χ1n) is 7.10. The van der Waals surface area contributed by atoms with Gasteiger partial charge < -0.3 is 28.8 Å². The molecule has 1 N–H and O–H groups in total. The predicted molar refractivity (Wildman–Crippen MR) is 74.2 cm³/mol. The van der Waals surface area contributed by atoms with Crippen molar-refractivity contribution in [2.24, 2.45) is 0 Å². The molecule has 5 atom stereocenters. The van der Waals surface area contributed by atoms with Crippen molar-refractivity contribution >= 4 is 23.9 Å². The van der Waals surface area contributed by atoms with Gasteiger partial charge in [0, 0.05) is 27.7 Å². The monoisotopic (exact) mass is 348 g/mol. The molecule has 1 fully saturated rings. The fourth-order valence-corrected chi connectivity index (χ4v) is 2.21. The Morgan fingerprint density at radius 2 is 1.25 bits per heavy atom. The fourth-order valence-electron chi connectivity index (χ4n) is 2.21. The van der Waals surface area contributed by atoms with E-state index >= 15 is 0 Å². The Morgan fingerprint density at radius 1 is 0.792 bits per heavy atom. The summed E-state index contributed by atoms with van der Waals surface area (Å²) in [6.45, 7) is 4.09. The molecule has 10 heteroatoms. The van der Waals surface area contributed by atoms with Gasteiger partial charge in [0.15, 0.2) is 24.6 Å². The summed E-state index contributed by atoms with van der Waals surface area (Å²) in [4.78, 5) is 44.9. The molecular weight excluding hydrogens is 328 g/mol. The maximum Gasteiger partial charge on any atom is 0.303 e. The number of hydrogen-bond acceptors (Lipinski definition) is 10. The van der Waals surface area contributed by atoms with E-state index < -0.39 is 54.6 Å². The highest BCUT2D eigenvalue weighted by Gasteiger charge is 2.51. The summed E-state index contributed by atoms with van der Waals surface area (Å²) in [7, 11) is 0. The van der Waals surface area contributed by atoms with Gasteiger partial charge in [-0.15, -0.1) is 0 Å². The van der Waals surface area contributed by atoms with Crippen molar-refractivity contribution in [1.29, 1.82) is 0 Å². The summed E-state index contributed by atoms with van der Waals surface area (Å²) in [6, 6.07) is 0. The molecule has 1 rings (SSSR count). The first kappa shape index (κ1) is 19.8. The Morgan fingerprint density at radius 3 is 1.71 bits per heavy atom. The molecule has 0 aliphatic carbocycles. The van der Waals surface area contributed by atoms with Crippen LogP contribution < -0.4 is 0 Å². The molecule has 136 valence electrons. The third-order valence-electron chi connectivity index (χ3n) is 2.97. The van der Waals surface area contributed by atoms with Crippen LogP contribution in [0.2, 0.25) is 0 Å². The SMILES string of the molecule is CC(=O)OC[C@H]1O[C@@H](O)C(OC(C)=O)C(OC(C)=O)C1OC(C)=O. The van der Waals surface area contributed by atoms with E-state index in [0.717, 1.165) is 27.7 Å². The number of aliphatic hydroxyl groups excluding tert-OH is 1. The lowest BCUT2D eigenvalue weighted by Crippen LogP contribution is -2.62. The van der Waals surface area contributed by atoms with Gasteiger partial charge in [-0.1, -0.05) is 0 Å². The average molecular weight is 348 g/mol. The van der Waals surface area contributed by atoms with Gasteiger partial charge in [0.25, 0.3) is 0 Å². The molecule has 1 aliphatic heterocycles. The van der Waals surface area contributed by atoms with Crippen LogP contribution in [0, 0.1) is 0 Å². The Kier molecular flexibility index (Phi) is 7.11. The van der Waals surface area contributed by atoms with Crippen molar-refractivity contribution in [2.45, 2.75) is 58.4 Å². The van der Waals surface area contributed by atoms with Crippen LogP contribution in [0.3, 0.4) is 0 Å². The van der Waals surface area contributed by atoms with Gasteiger partial charge in [-0.25, -0.2) is 0 Å². The van der Waals surface area contributed by atoms with Gasteiger partial charge in [0.2, 0.25) is 0 Å². The second kappa shape index (κ2) is 8.60. The maximum atomic E-state index is 11.3. The second-order valence-corrected chi connectivity index (χ2v) is 5.09. The van der Waals surface area contributed by atoms with Crippen LogP contribution in [0.1, 0.15) is 27.7 Å². The minimum absolute atomic E-state index is 0.366. The first-order chi connectivity index (χ1) is 11.1. The van der Waals surface area contributed by atoms with E-state index in [2.05, 4.69) is 0 Å². The maximum absolute atomic E-state index is 11.3. The smallest absolute Gasteiger partial charge is 0.303 e. The number of hydrogen-bond donors (Lipinski definition) is 1. The Balaban J connectivity index is 3.11. The number of ether oxygens (including phenoxy) is 5. The molecule has 0 radical (unpaired) electrons. The number of esters is 4. The van der Waals surface area contributed by atoms with Gasteiger partial charge in [-0.2, -0.15) is 0 Å². The molecule has 1 aliphatic rings. The van der Waals surface area contributed by atoms with Crippen LogP contribution in [-0.4, -0.2) is 66.3 Å². The lowest BCUT2D eigenvalue weighted by molar-refractivity contribution is -0.296. The molecular formula is C14H20O10. The Labute approximate surface area is 137 Å². The molecule has 0 bridgehead atoms. The molecule has 3 unspecified atom stereocenters. The van der Waals surface area contributed by atoms with Gasteiger partial charge in [-0.05, 0) is 0 Å². The highest BCUT2D eigenvalue weighted by molar-refractivity contribution is 5.68. The topological polar surface area (TPSA) is 135 Å². The van der Waals surface area contributed by atoms with E-state index in [-0.39, 0.29) is 6.61 Å². The Hall–Kier alpha value is -2.20. The number of carbonyl (C=O) groups excluding carboxylic acids is 4. The van der Waals surface area contributed by atoms with Crippen LogP contribution in [0.5, 0.6) is 0 Å². The van der Waals surface area contributed by atoms with Gasteiger partial charge in [0.05, 0.1) is 0 Å². The van der Waals surface area contributed by atoms with Gasteiger partial charge in [0.1, 0.15) is 12.7 Å². The van der Waals surface area contributed by atoms with Crippen molar-refractivity contribution < 1.29 is 48.0 Å². The van der Waals surface area contributed by atoms with Crippen LogP contribution >= 0.6 is 0 Å². The highest BCUT2D eigenvalue weighted by Crippen LogP contribution is 2.28. The zero-order valence-electron chi connectivity index (χ0n) is 13.7. The zero-order valence-corrected chi connectivity index (χ0v) is 13.7. The van der Waals surface area contributed by atoms with E-state index in [1.165, 1.54) is 0 Å². The molecule has 0 aromatic heterocycles. The molecule has 10 nitrogen and oxygen atoms in total. The lowest BCUT2D eigenvalue weighted by atomic mass is 9.98. The third kappa shape index (κ3) is 5.78. The summed E-state index contributed by atoms with van der Waals surface area (Å²) in [5.41, 5.74) is 0. The number of carbonyl (C=O) groups is 4. The summed E-state index contributed by atoms with van der Waals surface area (Å²) in [5, 5.41) is 10.0. The second-order valence-electron chi connectivity index (χ2n) is 5.09. The summed E-state index contributed by atoms with van der Waals surface area (Å²) < 4.78 is 25.0. The van der Waals surface area contributed by atoms with E-state index in [4.69, 9.17) is 23.7 Å². The van der Waals surface area contributed by atoms with E-state index in [0.29, 0.717) is 0 Å².